The van der Waals surface area contributed by atoms with Gasteiger partial charge in [-0.3, -0.25) is 9.59 Å². The number of benzene rings is 2. The third kappa shape index (κ3) is 4.55. The van der Waals surface area contributed by atoms with Gasteiger partial charge in [-0.25, -0.2) is 0 Å². The summed E-state index contributed by atoms with van der Waals surface area (Å²) in [4.78, 5) is 27.4. The number of rotatable bonds is 5. The Balaban J connectivity index is 1.61. The molecule has 0 saturated carbocycles. The van der Waals surface area contributed by atoms with Crippen molar-refractivity contribution in [3.63, 3.8) is 0 Å². The van der Waals surface area contributed by atoms with Gasteiger partial charge in [-0.05, 0) is 37.5 Å². The topological polar surface area (TPSA) is 75.4 Å². The first-order valence-corrected chi connectivity index (χ1v) is 9.43. The average molecular weight is 365 g/mol. The second-order valence-electron chi connectivity index (χ2n) is 7.48. The zero-order valence-electron chi connectivity index (χ0n) is 15.7. The second-order valence-corrected chi connectivity index (χ2v) is 7.48. The van der Waals surface area contributed by atoms with Crippen molar-refractivity contribution < 1.29 is 9.59 Å². The summed E-state index contributed by atoms with van der Waals surface area (Å²) >= 11 is 0. The minimum Gasteiger partial charge on any atom is -0.354 e. The quantitative estimate of drug-likeness (QED) is 0.855. The standard InChI is InChI=1S/C22H27N3O2/c1-22(21(27)24-15-19(23)17-9-4-2-5-10-17)13-8-14-25(16-22)20(26)18-11-6-3-7-12-18/h2-7,9-12,19H,8,13-16,23H2,1H3,(H,24,27). The molecule has 0 aliphatic carbocycles. The fourth-order valence-corrected chi connectivity index (χ4v) is 3.60. The van der Waals surface area contributed by atoms with E-state index in [2.05, 4.69) is 5.32 Å². The summed E-state index contributed by atoms with van der Waals surface area (Å²) in [6.07, 6.45) is 1.57. The molecular weight excluding hydrogens is 338 g/mol. The lowest BCUT2D eigenvalue weighted by Gasteiger charge is -2.39. The van der Waals surface area contributed by atoms with E-state index in [-0.39, 0.29) is 17.9 Å². The van der Waals surface area contributed by atoms with Crippen molar-refractivity contribution in [1.29, 1.82) is 0 Å². The van der Waals surface area contributed by atoms with Crippen LogP contribution in [0.4, 0.5) is 0 Å². The van der Waals surface area contributed by atoms with Crippen molar-refractivity contribution in [2.45, 2.75) is 25.8 Å². The van der Waals surface area contributed by atoms with Crippen LogP contribution in [-0.2, 0) is 4.79 Å². The monoisotopic (exact) mass is 365 g/mol. The SMILES string of the molecule is CC1(C(=O)NCC(N)c2ccccc2)CCCN(C(=O)c2ccccc2)C1. The second kappa shape index (κ2) is 8.35. The van der Waals surface area contributed by atoms with Crippen molar-refractivity contribution in [2.75, 3.05) is 19.6 Å². The Morgan fingerprint density at radius 2 is 1.74 bits per heavy atom. The van der Waals surface area contributed by atoms with Crippen molar-refractivity contribution >= 4 is 11.8 Å². The summed E-state index contributed by atoms with van der Waals surface area (Å²) in [6.45, 7) is 3.42. The minimum atomic E-state index is -0.598. The largest absolute Gasteiger partial charge is 0.354 e. The van der Waals surface area contributed by atoms with Crippen LogP contribution in [-0.4, -0.2) is 36.3 Å². The van der Waals surface area contributed by atoms with Crippen LogP contribution in [0.25, 0.3) is 0 Å². The minimum absolute atomic E-state index is 0.0182. The van der Waals surface area contributed by atoms with Crippen LogP contribution in [0.5, 0.6) is 0 Å². The third-order valence-corrected chi connectivity index (χ3v) is 5.26. The Morgan fingerprint density at radius 1 is 1.11 bits per heavy atom. The van der Waals surface area contributed by atoms with Crippen LogP contribution in [0, 0.1) is 5.41 Å². The highest BCUT2D eigenvalue weighted by atomic mass is 16.2. The summed E-state index contributed by atoms with van der Waals surface area (Å²) in [7, 11) is 0. The van der Waals surface area contributed by atoms with Gasteiger partial charge in [0.25, 0.3) is 5.91 Å². The van der Waals surface area contributed by atoms with Crippen LogP contribution >= 0.6 is 0 Å². The molecular formula is C22H27N3O2. The predicted molar refractivity (Wildman–Crippen MR) is 106 cm³/mol. The van der Waals surface area contributed by atoms with Crippen molar-refractivity contribution in [3.8, 4) is 0 Å². The molecule has 3 N–H and O–H groups in total. The van der Waals surface area contributed by atoms with Crippen molar-refractivity contribution in [1.82, 2.24) is 10.2 Å². The first kappa shape index (κ1) is 19.1. The van der Waals surface area contributed by atoms with Gasteiger partial charge in [0.2, 0.25) is 5.91 Å². The number of nitrogens with zero attached hydrogens (tertiary/aromatic N) is 1. The lowest BCUT2D eigenvalue weighted by Crippen LogP contribution is -2.52. The van der Waals surface area contributed by atoms with E-state index in [9.17, 15) is 9.59 Å². The Morgan fingerprint density at radius 3 is 2.41 bits per heavy atom. The maximum atomic E-state index is 12.9. The van der Waals surface area contributed by atoms with Gasteiger partial charge in [0.1, 0.15) is 0 Å². The van der Waals surface area contributed by atoms with E-state index in [1.54, 1.807) is 4.90 Å². The fraction of sp³-hybridized carbons (Fsp3) is 0.364. The molecule has 1 fully saturated rings. The van der Waals surface area contributed by atoms with Crippen LogP contribution in [0.15, 0.2) is 60.7 Å². The van der Waals surface area contributed by atoms with Crippen LogP contribution < -0.4 is 11.1 Å². The van der Waals surface area contributed by atoms with Gasteiger partial charge in [0.15, 0.2) is 0 Å². The van der Waals surface area contributed by atoms with E-state index in [0.29, 0.717) is 25.2 Å². The molecule has 2 aromatic carbocycles. The number of hydrogen-bond donors (Lipinski definition) is 2. The predicted octanol–water partition coefficient (Wildman–Crippen LogP) is 2.75. The number of hydrogen-bond acceptors (Lipinski definition) is 3. The van der Waals surface area contributed by atoms with Gasteiger partial charge in [-0.15, -0.1) is 0 Å². The first-order valence-electron chi connectivity index (χ1n) is 9.43. The van der Waals surface area contributed by atoms with E-state index in [4.69, 9.17) is 5.73 Å². The molecule has 5 nitrogen and oxygen atoms in total. The summed E-state index contributed by atoms with van der Waals surface area (Å²) in [6, 6.07) is 18.7. The number of nitrogens with one attached hydrogen (secondary N) is 1. The summed E-state index contributed by atoms with van der Waals surface area (Å²) < 4.78 is 0. The van der Waals surface area contributed by atoms with Gasteiger partial charge in [-0.1, -0.05) is 48.5 Å². The lowest BCUT2D eigenvalue weighted by atomic mass is 9.80. The van der Waals surface area contributed by atoms with Crippen molar-refractivity contribution in [3.05, 3.63) is 71.8 Å². The van der Waals surface area contributed by atoms with Gasteiger partial charge < -0.3 is 16.0 Å². The van der Waals surface area contributed by atoms with Crippen LogP contribution in [0.2, 0.25) is 0 Å². The van der Waals surface area contributed by atoms with Crippen molar-refractivity contribution in [2.24, 2.45) is 11.1 Å². The maximum absolute atomic E-state index is 12.9. The molecule has 0 aromatic heterocycles. The molecule has 3 rings (SSSR count). The summed E-state index contributed by atoms with van der Waals surface area (Å²) in [5.74, 6) is -0.0604. The molecule has 1 aliphatic rings. The number of amides is 2. The smallest absolute Gasteiger partial charge is 0.253 e. The van der Waals surface area contributed by atoms with E-state index in [1.165, 1.54) is 0 Å². The highest BCUT2D eigenvalue weighted by Gasteiger charge is 2.39. The molecule has 0 spiro atoms. The molecule has 1 saturated heterocycles. The molecule has 1 heterocycles. The number of carbonyl (C=O) groups is 2. The maximum Gasteiger partial charge on any atom is 0.253 e. The normalized spacial score (nSPS) is 20.7. The van der Waals surface area contributed by atoms with E-state index in [1.807, 2.05) is 67.6 Å². The Kier molecular flexibility index (Phi) is 5.91. The molecule has 2 unspecified atom stereocenters. The van der Waals surface area contributed by atoms with E-state index < -0.39 is 5.41 Å². The highest BCUT2D eigenvalue weighted by Crippen LogP contribution is 2.30. The molecule has 142 valence electrons. The van der Waals surface area contributed by atoms with Gasteiger partial charge in [0, 0.05) is 31.2 Å². The average Bonchev–Trinajstić information content (AvgIpc) is 2.72. The first-order chi connectivity index (χ1) is 13.0. The van der Waals surface area contributed by atoms with E-state index >= 15 is 0 Å². The Bertz CT molecular complexity index is 779. The zero-order valence-corrected chi connectivity index (χ0v) is 15.7. The summed E-state index contributed by atoms with van der Waals surface area (Å²) in [5.41, 5.74) is 7.24. The highest BCUT2D eigenvalue weighted by molar-refractivity contribution is 5.95. The van der Waals surface area contributed by atoms with Gasteiger partial charge in [0.05, 0.1) is 5.41 Å². The van der Waals surface area contributed by atoms with Crippen LogP contribution in [0.1, 0.15) is 41.7 Å². The molecule has 2 amide bonds. The molecule has 2 atom stereocenters. The number of carbonyl (C=O) groups excluding carboxylic acids is 2. The van der Waals surface area contributed by atoms with Gasteiger partial charge >= 0.3 is 0 Å². The summed E-state index contributed by atoms with van der Waals surface area (Å²) in [5, 5.41) is 2.99. The lowest BCUT2D eigenvalue weighted by molar-refractivity contribution is -0.132. The molecule has 5 heteroatoms. The molecule has 0 bridgehead atoms. The Labute approximate surface area is 160 Å². The Hall–Kier alpha value is -2.66. The molecule has 0 radical (unpaired) electrons. The molecule has 1 aliphatic heterocycles. The van der Waals surface area contributed by atoms with Gasteiger partial charge in [-0.2, -0.15) is 0 Å². The van der Waals surface area contributed by atoms with Crippen LogP contribution in [0.3, 0.4) is 0 Å². The zero-order chi connectivity index (χ0) is 19.3. The number of piperidine rings is 1. The fourth-order valence-electron chi connectivity index (χ4n) is 3.60. The number of likely N-dealkylation sites (tertiary alicyclic amines) is 1. The van der Waals surface area contributed by atoms with E-state index in [0.717, 1.165) is 18.4 Å². The third-order valence-electron chi connectivity index (χ3n) is 5.26. The number of nitrogens with two attached hydrogens (primary N) is 1. The molecule has 2 aromatic rings. The molecule has 27 heavy (non-hydrogen) atoms.